The first-order valence-corrected chi connectivity index (χ1v) is 7.92. The van der Waals surface area contributed by atoms with Gasteiger partial charge in [-0.1, -0.05) is 58.3 Å². The number of Topliss-reactive ketones (excluding diaryl/α,β-unsaturated/α-hetero) is 1. The fourth-order valence-electron chi connectivity index (χ4n) is 2.20. The van der Waals surface area contributed by atoms with Gasteiger partial charge in [0.2, 0.25) is 0 Å². The van der Waals surface area contributed by atoms with Crippen LogP contribution < -0.4 is 40.4 Å². The number of carbonyl (C=O) groups is 2. The van der Waals surface area contributed by atoms with E-state index < -0.39 is 11.5 Å². The van der Waals surface area contributed by atoms with Gasteiger partial charge >= 0.3 is 29.6 Å². The molecule has 0 bridgehead atoms. The van der Waals surface area contributed by atoms with E-state index in [0.717, 1.165) is 19.3 Å². The predicted octanol–water partition coefficient (Wildman–Crippen LogP) is -0.662. The summed E-state index contributed by atoms with van der Waals surface area (Å²) in [6.45, 7) is 3.54. The average molecular weight is 307 g/mol. The van der Waals surface area contributed by atoms with Crippen LogP contribution in [-0.4, -0.2) is 17.3 Å². The van der Waals surface area contributed by atoms with E-state index in [1.165, 1.54) is 45.4 Å². The minimum Gasteiger partial charge on any atom is -0.548 e. The third kappa shape index (κ3) is 13.5. The van der Waals surface area contributed by atoms with Crippen LogP contribution in [-0.2, 0) is 9.59 Å². The molecule has 0 rings (SSSR count). The standard InChI is InChI=1S/C16H31NO3.Na/c1-3-4-5-6-7-8-9-10-11-12-14(18)13-16(2,17)15(19)20;/h3-13,17H2,1-2H3,(H,19,20);/q;+1/p-1. The zero-order valence-corrected chi connectivity index (χ0v) is 16.1. The Bertz CT molecular complexity index is 293. The molecular weight excluding hydrogens is 277 g/mol. The zero-order valence-electron chi connectivity index (χ0n) is 14.1. The van der Waals surface area contributed by atoms with Gasteiger partial charge in [0.1, 0.15) is 5.78 Å². The summed E-state index contributed by atoms with van der Waals surface area (Å²) in [7, 11) is 0. The number of unbranched alkanes of at least 4 members (excludes halogenated alkanes) is 8. The van der Waals surface area contributed by atoms with E-state index in [4.69, 9.17) is 5.73 Å². The summed E-state index contributed by atoms with van der Waals surface area (Å²) in [5.74, 6) is -1.44. The van der Waals surface area contributed by atoms with Crippen molar-refractivity contribution in [1.29, 1.82) is 0 Å². The molecule has 4 nitrogen and oxygen atoms in total. The van der Waals surface area contributed by atoms with Crippen LogP contribution in [0.25, 0.3) is 0 Å². The number of rotatable bonds is 13. The topological polar surface area (TPSA) is 83.2 Å². The number of nitrogens with two attached hydrogens (primary N) is 1. The van der Waals surface area contributed by atoms with E-state index in [1.807, 2.05) is 0 Å². The minimum absolute atomic E-state index is 0. The monoisotopic (exact) mass is 307 g/mol. The van der Waals surface area contributed by atoms with Crippen molar-refractivity contribution in [2.24, 2.45) is 5.73 Å². The van der Waals surface area contributed by atoms with Crippen LogP contribution in [0.3, 0.4) is 0 Å². The molecule has 5 heteroatoms. The Morgan fingerprint density at radius 3 is 1.81 bits per heavy atom. The molecule has 118 valence electrons. The number of carboxylic acid groups (broad SMARTS) is 1. The van der Waals surface area contributed by atoms with E-state index in [1.54, 1.807) is 0 Å². The van der Waals surface area contributed by atoms with Crippen LogP contribution in [0.5, 0.6) is 0 Å². The second-order valence-corrected chi connectivity index (χ2v) is 6.00. The Morgan fingerprint density at radius 1 is 0.952 bits per heavy atom. The van der Waals surface area contributed by atoms with E-state index in [-0.39, 0.29) is 41.8 Å². The maximum absolute atomic E-state index is 11.6. The second-order valence-electron chi connectivity index (χ2n) is 6.00. The van der Waals surface area contributed by atoms with Crippen LogP contribution >= 0.6 is 0 Å². The van der Waals surface area contributed by atoms with Gasteiger partial charge in [0, 0.05) is 12.8 Å². The Morgan fingerprint density at radius 2 is 1.38 bits per heavy atom. The van der Waals surface area contributed by atoms with Gasteiger partial charge in [0.15, 0.2) is 0 Å². The van der Waals surface area contributed by atoms with Crippen LogP contribution in [0.4, 0.5) is 0 Å². The molecule has 0 spiro atoms. The van der Waals surface area contributed by atoms with Gasteiger partial charge in [0.05, 0.1) is 11.5 Å². The summed E-state index contributed by atoms with van der Waals surface area (Å²) in [6, 6.07) is 0. The first kappa shape index (κ1) is 23.4. The van der Waals surface area contributed by atoms with Crippen molar-refractivity contribution in [1.82, 2.24) is 0 Å². The SMILES string of the molecule is CCCCCCCCCCCC(=O)CC(C)(N)C(=O)[O-].[Na+]. The van der Waals surface area contributed by atoms with Crippen molar-refractivity contribution < 1.29 is 44.3 Å². The van der Waals surface area contributed by atoms with Gasteiger partial charge in [-0.15, -0.1) is 0 Å². The first-order chi connectivity index (χ1) is 9.40. The molecule has 0 radical (unpaired) electrons. The molecule has 0 aromatic rings. The molecule has 1 atom stereocenters. The molecule has 0 saturated carbocycles. The molecule has 0 aliphatic carbocycles. The first-order valence-electron chi connectivity index (χ1n) is 7.92. The molecule has 0 aromatic carbocycles. The maximum Gasteiger partial charge on any atom is 1.00 e. The number of hydrogen-bond acceptors (Lipinski definition) is 4. The van der Waals surface area contributed by atoms with Crippen molar-refractivity contribution in [3.05, 3.63) is 0 Å². The normalized spacial score (nSPS) is 13.3. The average Bonchev–Trinajstić information content (AvgIpc) is 2.36. The van der Waals surface area contributed by atoms with Crippen molar-refractivity contribution in [2.75, 3.05) is 0 Å². The summed E-state index contributed by atoms with van der Waals surface area (Å²) >= 11 is 0. The van der Waals surface area contributed by atoms with Crippen LogP contribution in [0.1, 0.15) is 84.5 Å². The summed E-state index contributed by atoms with van der Waals surface area (Å²) < 4.78 is 0. The fraction of sp³-hybridized carbons (Fsp3) is 0.875. The van der Waals surface area contributed by atoms with Crippen LogP contribution in [0.2, 0.25) is 0 Å². The summed E-state index contributed by atoms with van der Waals surface area (Å²) in [4.78, 5) is 22.3. The molecular formula is C16H30NNaO3. The molecule has 0 aliphatic heterocycles. The van der Waals surface area contributed by atoms with Crippen LogP contribution in [0, 0.1) is 0 Å². The Hall–Kier alpha value is 0.100. The number of carbonyl (C=O) groups excluding carboxylic acids is 2. The van der Waals surface area contributed by atoms with Gasteiger partial charge in [-0.05, 0) is 13.3 Å². The molecule has 0 fully saturated rings. The summed E-state index contributed by atoms with van der Waals surface area (Å²) in [5, 5.41) is 10.7. The smallest absolute Gasteiger partial charge is 0.548 e. The number of ketones is 1. The largest absolute Gasteiger partial charge is 1.00 e. The molecule has 0 amide bonds. The van der Waals surface area contributed by atoms with Gasteiger partial charge < -0.3 is 15.6 Å². The molecule has 1 unspecified atom stereocenters. The summed E-state index contributed by atoms with van der Waals surface area (Å²) in [6.07, 6.45) is 11.0. The van der Waals surface area contributed by atoms with Gasteiger partial charge in [-0.3, -0.25) is 4.79 Å². The number of aliphatic carboxylic acids is 1. The molecule has 0 aromatic heterocycles. The Balaban J connectivity index is 0. The Labute approximate surface area is 151 Å². The van der Waals surface area contributed by atoms with Gasteiger partial charge in [0.25, 0.3) is 0 Å². The zero-order chi connectivity index (χ0) is 15.4. The molecule has 0 aliphatic rings. The minimum atomic E-state index is -1.53. The Kier molecular flexibility index (Phi) is 15.3. The quantitative estimate of drug-likeness (QED) is 0.362. The van der Waals surface area contributed by atoms with Gasteiger partial charge in [-0.2, -0.15) is 0 Å². The fourth-order valence-corrected chi connectivity index (χ4v) is 2.20. The van der Waals surface area contributed by atoms with E-state index in [2.05, 4.69) is 6.92 Å². The number of carboxylic acids is 1. The molecule has 0 heterocycles. The third-order valence-corrected chi connectivity index (χ3v) is 3.59. The van der Waals surface area contributed by atoms with Crippen LogP contribution in [0.15, 0.2) is 0 Å². The van der Waals surface area contributed by atoms with Crippen molar-refractivity contribution in [2.45, 2.75) is 90.0 Å². The molecule has 21 heavy (non-hydrogen) atoms. The summed E-state index contributed by atoms with van der Waals surface area (Å²) in [5.41, 5.74) is 3.96. The maximum atomic E-state index is 11.6. The van der Waals surface area contributed by atoms with E-state index in [0.29, 0.717) is 6.42 Å². The number of hydrogen-bond donors (Lipinski definition) is 1. The van der Waals surface area contributed by atoms with Crippen molar-refractivity contribution >= 4 is 11.8 Å². The predicted molar refractivity (Wildman–Crippen MR) is 79.1 cm³/mol. The van der Waals surface area contributed by atoms with E-state index >= 15 is 0 Å². The van der Waals surface area contributed by atoms with Crippen molar-refractivity contribution in [3.63, 3.8) is 0 Å². The van der Waals surface area contributed by atoms with E-state index in [9.17, 15) is 14.7 Å². The second kappa shape index (κ2) is 13.7. The molecule has 0 saturated heterocycles. The van der Waals surface area contributed by atoms with Crippen molar-refractivity contribution in [3.8, 4) is 0 Å². The third-order valence-electron chi connectivity index (χ3n) is 3.59. The molecule has 2 N–H and O–H groups in total. The van der Waals surface area contributed by atoms with Gasteiger partial charge in [-0.25, -0.2) is 0 Å².